The van der Waals surface area contributed by atoms with Crippen molar-refractivity contribution in [1.29, 1.82) is 0 Å². The Morgan fingerprint density at radius 3 is 2.00 bits per heavy atom. The van der Waals surface area contributed by atoms with Gasteiger partial charge in [-0.1, -0.05) is 13.8 Å². The number of carbonyl (C=O) groups is 1. The predicted octanol–water partition coefficient (Wildman–Crippen LogP) is 0.929. The minimum Gasteiger partial charge on any atom is -0.298 e. The summed E-state index contributed by atoms with van der Waals surface area (Å²) in [5, 5.41) is 0. The summed E-state index contributed by atoms with van der Waals surface area (Å²) in [6, 6.07) is 0. The lowest BCUT2D eigenvalue weighted by Crippen LogP contribution is -2.42. The Balaban J connectivity index is 4.36. The fourth-order valence-corrected chi connectivity index (χ4v) is 1.35. The molecule has 4 nitrogen and oxygen atoms in total. The Hall–Kier alpha value is -0.420. The molecule has 0 radical (unpaired) electrons. The van der Waals surface area contributed by atoms with Crippen molar-refractivity contribution >= 4 is 15.8 Å². The summed E-state index contributed by atoms with van der Waals surface area (Å²) >= 11 is 0. The first-order chi connectivity index (χ1) is 6.08. The van der Waals surface area contributed by atoms with E-state index < -0.39 is 14.8 Å². The summed E-state index contributed by atoms with van der Waals surface area (Å²) in [5.41, 5.74) is 0. The zero-order chi connectivity index (χ0) is 11.6. The maximum atomic E-state index is 11.5. The van der Waals surface area contributed by atoms with Gasteiger partial charge in [-0.3, -0.25) is 4.79 Å². The van der Waals surface area contributed by atoms with Gasteiger partial charge in [-0.2, -0.15) is 0 Å². The summed E-state index contributed by atoms with van der Waals surface area (Å²) < 4.78 is 24.5. The third-order valence-electron chi connectivity index (χ3n) is 1.89. The van der Waals surface area contributed by atoms with Crippen LogP contribution < -0.4 is 4.72 Å². The fraction of sp³-hybridized carbons (Fsp3) is 0.889. The van der Waals surface area contributed by atoms with E-state index in [0.717, 1.165) is 0 Å². The van der Waals surface area contributed by atoms with Crippen LogP contribution in [0, 0.1) is 5.92 Å². The monoisotopic (exact) mass is 221 g/mol. The van der Waals surface area contributed by atoms with Gasteiger partial charge in [-0.05, 0) is 20.8 Å². The van der Waals surface area contributed by atoms with Gasteiger partial charge in [0.25, 0.3) is 0 Å². The highest BCUT2D eigenvalue weighted by Gasteiger charge is 2.29. The summed E-state index contributed by atoms with van der Waals surface area (Å²) in [7, 11) is -3.40. The van der Waals surface area contributed by atoms with Crippen LogP contribution in [-0.2, 0) is 14.8 Å². The van der Waals surface area contributed by atoms with Gasteiger partial charge in [0, 0.05) is 5.92 Å². The highest BCUT2D eigenvalue weighted by Crippen LogP contribution is 2.12. The Labute approximate surface area is 86.1 Å². The van der Waals surface area contributed by atoms with Gasteiger partial charge in [-0.15, -0.1) is 0 Å². The summed E-state index contributed by atoms with van der Waals surface area (Å²) in [6.07, 6.45) is 0. The first kappa shape index (κ1) is 13.6. The molecule has 5 heteroatoms. The molecular formula is C9H19NO3S. The molecular weight excluding hydrogens is 202 g/mol. The van der Waals surface area contributed by atoms with Gasteiger partial charge in [0.15, 0.2) is 0 Å². The molecule has 0 bridgehead atoms. The van der Waals surface area contributed by atoms with Crippen LogP contribution in [0.4, 0.5) is 0 Å². The van der Waals surface area contributed by atoms with E-state index in [1.807, 2.05) is 0 Å². The summed E-state index contributed by atoms with van der Waals surface area (Å²) in [4.78, 5) is 11.2. The molecule has 0 aromatic carbocycles. The molecule has 0 unspecified atom stereocenters. The first-order valence-electron chi connectivity index (χ1n) is 4.60. The number of hydrogen-bond acceptors (Lipinski definition) is 3. The largest absolute Gasteiger partial charge is 0.298 e. The van der Waals surface area contributed by atoms with E-state index in [1.54, 1.807) is 34.6 Å². The molecule has 1 N–H and O–H groups in total. The SMILES string of the molecule is CC(C)C(=O)CNS(=O)(=O)C(C)(C)C. The number of hydrogen-bond donors (Lipinski definition) is 1. The molecule has 0 spiro atoms. The van der Waals surface area contributed by atoms with Gasteiger partial charge in [0.2, 0.25) is 10.0 Å². The summed E-state index contributed by atoms with van der Waals surface area (Å²) in [5.74, 6) is -0.240. The fourth-order valence-electron chi connectivity index (χ4n) is 0.587. The second kappa shape index (κ2) is 4.40. The number of ketones is 1. The molecule has 0 aliphatic carbocycles. The number of carbonyl (C=O) groups excluding carboxylic acids is 1. The van der Waals surface area contributed by atoms with Crippen LogP contribution in [0.15, 0.2) is 0 Å². The normalized spacial score (nSPS) is 13.3. The van der Waals surface area contributed by atoms with Crippen molar-refractivity contribution in [1.82, 2.24) is 4.72 Å². The second-order valence-electron chi connectivity index (χ2n) is 4.56. The topological polar surface area (TPSA) is 63.2 Å². The quantitative estimate of drug-likeness (QED) is 0.768. The van der Waals surface area contributed by atoms with Gasteiger partial charge < -0.3 is 0 Å². The molecule has 0 saturated heterocycles. The van der Waals surface area contributed by atoms with Crippen LogP contribution in [0.1, 0.15) is 34.6 Å². The van der Waals surface area contributed by atoms with Gasteiger partial charge in [0.1, 0.15) is 5.78 Å². The molecule has 0 fully saturated rings. The van der Waals surface area contributed by atoms with E-state index in [9.17, 15) is 13.2 Å². The van der Waals surface area contributed by atoms with Crippen molar-refractivity contribution in [2.75, 3.05) is 6.54 Å². The number of Topliss-reactive ketones (excluding diaryl/α,β-unsaturated/α-hetero) is 1. The van der Waals surface area contributed by atoms with Crippen LogP contribution in [-0.4, -0.2) is 25.5 Å². The van der Waals surface area contributed by atoms with Crippen molar-refractivity contribution in [3.05, 3.63) is 0 Å². The zero-order valence-corrected chi connectivity index (χ0v) is 10.2. The Bertz CT molecular complexity index is 299. The summed E-state index contributed by atoms with van der Waals surface area (Å²) in [6.45, 7) is 8.15. The maximum absolute atomic E-state index is 11.5. The van der Waals surface area contributed by atoms with Crippen molar-refractivity contribution in [3.63, 3.8) is 0 Å². The molecule has 0 saturated carbocycles. The smallest absolute Gasteiger partial charge is 0.216 e. The number of rotatable bonds is 4. The van der Waals surface area contributed by atoms with Crippen LogP contribution >= 0.6 is 0 Å². The number of sulfonamides is 1. The Kier molecular flexibility index (Phi) is 4.27. The zero-order valence-electron chi connectivity index (χ0n) is 9.42. The van der Waals surface area contributed by atoms with E-state index in [0.29, 0.717) is 0 Å². The standard InChI is InChI=1S/C9H19NO3S/c1-7(2)8(11)6-10-14(12,13)9(3,4)5/h7,10H,6H2,1-5H3. The van der Waals surface area contributed by atoms with Crippen LogP contribution in [0.3, 0.4) is 0 Å². The van der Waals surface area contributed by atoms with Gasteiger partial charge in [-0.25, -0.2) is 13.1 Å². The highest BCUT2D eigenvalue weighted by atomic mass is 32.2. The molecule has 14 heavy (non-hydrogen) atoms. The molecule has 0 aliphatic rings. The van der Waals surface area contributed by atoms with Gasteiger partial charge in [0.05, 0.1) is 11.3 Å². The molecule has 84 valence electrons. The molecule has 0 atom stereocenters. The van der Waals surface area contributed by atoms with Crippen LogP contribution in [0.25, 0.3) is 0 Å². The minimum absolute atomic E-state index is 0.0992. The van der Waals surface area contributed by atoms with Crippen molar-refractivity contribution in [3.8, 4) is 0 Å². The third kappa shape index (κ3) is 3.75. The van der Waals surface area contributed by atoms with Crippen molar-refractivity contribution in [2.45, 2.75) is 39.4 Å². The lowest BCUT2D eigenvalue weighted by molar-refractivity contribution is -0.120. The van der Waals surface area contributed by atoms with Gasteiger partial charge >= 0.3 is 0 Å². The maximum Gasteiger partial charge on any atom is 0.216 e. The average Bonchev–Trinajstić information content (AvgIpc) is 1.97. The van der Waals surface area contributed by atoms with Crippen LogP contribution in [0.5, 0.6) is 0 Å². The first-order valence-corrected chi connectivity index (χ1v) is 6.08. The van der Waals surface area contributed by atoms with E-state index in [2.05, 4.69) is 4.72 Å². The van der Waals surface area contributed by atoms with E-state index >= 15 is 0 Å². The third-order valence-corrected chi connectivity index (χ3v) is 4.02. The molecule has 0 rings (SSSR count). The van der Waals surface area contributed by atoms with Crippen LogP contribution in [0.2, 0.25) is 0 Å². The van der Waals surface area contributed by atoms with Crippen molar-refractivity contribution in [2.24, 2.45) is 5.92 Å². The minimum atomic E-state index is -3.40. The lowest BCUT2D eigenvalue weighted by atomic mass is 10.1. The van der Waals surface area contributed by atoms with E-state index in [-0.39, 0.29) is 18.2 Å². The van der Waals surface area contributed by atoms with E-state index in [4.69, 9.17) is 0 Å². The second-order valence-corrected chi connectivity index (χ2v) is 7.08. The highest BCUT2D eigenvalue weighted by molar-refractivity contribution is 7.90. The Morgan fingerprint density at radius 1 is 1.29 bits per heavy atom. The molecule has 0 aromatic heterocycles. The lowest BCUT2D eigenvalue weighted by Gasteiger charge is -2.19. The molecule has 0 amide bonds. The molecule has 0 aliphatic heterocycles. The molecule has 0 aromatic rings. The van der Waals surface area contributed by atoms with Crippen molar-refractivity contribution < 1.29 is 13.2 Å². The average molecular weight is 221 g/mol. The van der Waals surface area contributed by atoms with E-state index in [1.165, 1.54) is 0 Å². The molecule has 0 heterocycles. The Morgan fingerprint density at radius 2 is 1.71 bits per heavy atom. The number of nitrogens with one attached hydrogen (secondary N) is 1. The predicted molar refractivity (Wildman–Crippen MR) is 56.5 cm³/mol.